The van der Waals surface area contributed by atoms with Crippen LogP contribution in [0.15, 0.2) is 0 Å². The molecule has 16 heavy (non-hydrogen) atoms. The van der Waals surface area contributed by atoms with Gasteiger partial charge in [-0.25, -0.2) is 0 Å². The van der Waals surface area contributed by atoms with Crippen LogP contribution in [0.1, 0.15) is 13.8 Å². The zero-order chi connectivity index (χ0) is 10.2. The first kappa shape index (κ1) is 6.08. The summed E-state index contributed by atoms with van der Waals surface area (Å²) in [6.45, 7) is 2.17. The number of rotatable bonds is 2. The molecule has 0 aromatic rings. The second-order valence-corrected chi connectivity index (χ2v) is 34.9. The van der Waals surface area contributed by atoms with Crippen molar-refractivity contribution in [2.75, 3.05) is 7.05 Å². The van der Waals surface area contributed by atoms with Gasteiger partial charge in [-0.3, -0.25) is 0 Å². The minimum absolute atomic E-state index is 0.833. The third-order valence-electron chi connectivity index (χ3n) is 15.9. The number of hydrogen-bond donors (Lipinski definition) is 0. The first-order valence-electron chi connectivity index (χ1n) is 7.34. The molecule has 1 nitrogen and oxygen atoms in total. The van der Waals surface area contributed by atoms with Gasteiger partial charge in [0.15, 0.2) is 0 Å². The number of nitrogens with zero attached hydrogens (tertiary/aromatic N) is 1. The molecule has 10 heterocycles. The zero-order valence-electron chi connectivity index (χ0n) is 10.1. The molecule has 88 valence electrons. The molecule has 4 unspecified atom stereocenters. The van der Waals surface area contributed by atoms with Crippen LogP contribution in [0.4, 0.5) is 0 Å². The van der Waals surface area contributed by atoms with E-state index in [2.05, 4.69) is 25.8 Å². The standard InChI is InChI=1S/C9H14N.C5H5.Fe/c1-8(2)10(3)9-6-4-5-7-9;1-2-4-5-3-1;/h4-8H,1-3H3;1-5H;. The van der Waals surface area contributed by atoms with E-state index in [4.69, 9.17) is 0 Å². The summed E-state index contributed by atoms with van der Waals surface area (Å²) in [4.78, 5) is 16.3. The van der Waals surface area contributed by atoms with E-state index in [1.807, 2.05) is 0 Å². The summed E-state index contributed by atoms with van der Waals surface area (Å²) in [5.74, 6) is 0. The third-order valence-corrected chi connectivity index (χ3v) is 58.2. The van der Waals surface area contributed by atoms with Crippen LogP contribution in [0, 0.1) is 0 Å². The molecular formula is C14H19FeN. The van der Waals surface area contributed by atoms with E-state index in [0.717, 1.165) is 10.5 Å². The summed E-state index contributed by atoms with van der Waals surface area (Å²) < 4.78 is 1.01. The minimum atomic E-state index is -2.76. The average molecular weight is 257 g/mol. The van der Waals surface area contributed by atoms with Crippen LogP contribution in [-0.2, 0) is 6.51 Å². The Morgan fingerprint density at radius 2 is 1.31 bits per heavy atom. The third kappa shape index (κ3) is 0.0527. The Morgan fingerprint density at radius 1 is 0.875 bits per heavy atom. The molecule has 10 aliphatic rings. The van der Waals surface area contributed by atoms with E-state index in [9.17, 15) is 0 Å². The monoisotopic (exact) mass is 257 g/mol. The van der Waals surface area contributed by atoms with Crippen LogP contribution >= 0.6 is 0 Å². The van der Waals surface area contributed by atoms with Gasteiger partial charge in [0.05, 0.1) is 0 Å². The predicted molar refractivity (Wildman–Crippen MR) is 59.4 cm³/mol. The van der Waals surface area contributed by atoms with Crippen molar-refractivity contribution in [3.05, 3.63) is 0 Å². The summed E-state index contributed by atoms with van der Waals surface area (Å²) in [6, 6.07) is 0.833. The summed E-state index contributed by atoms with van der Waals surface area (Å²) in [6.07, 6.45) is 0. The quantitative estimate of drug-likeness (QED) is 0.683. The van der Waals surface area contributed by atoms with E-state index >= 15 is 0 Å². The van der Waals surface area contributed by atoms with Gasteiger partial charge < -0.3 is 0 Å². The molecule has 0 bridgehead atoms. The SMILES string of the molecule is CC(C)N(C)[C]12[CH]3[CH]4[CH]5[CH]1[Fe]45321678[CH]2[CH]1[CH]6[CH]7[CH]28. The summed E-state index contributed by atoms with van der Waals surface area (Å²) in [5.41, 5.74) is 0. The fourth-order valence-electron chi connectivity index (χ4n) is 17.4. The summed E-state index contributed by atoms with van der Waals surface area (Å²) in [5, 5.41) is 0. The van der Waals surface area contributed by atoms with Gasteiger partial charge in [-0.1, -0.05) is 0 Å². The molecule has 10 saturated heterocycles. The fraction of sp³-hybridized carbons (Fsp3) is 1.00. The Kier molecular flexibility index (Phi) is 0.173. The second kappa shape index (κ2) is 0.455. The van der Waals surface area contributed by atoms with Gasteiger partial charge in [-0.15, -0.1) is 0 Å². The molecule has 2 heteroatoms. The van der Waals surface area contributed by atoms with E-state index in [1.54, 1.807) is 0 Å². The number of fused-ring (bicyclic) bond motifs is 10. The van der Waals surface area contributed by atoms with Crippen molar-refractivity contribution >= 4 is 0 Å². The Labute approximate surface area is 86.2 Å². The van der Waals surface area contributed by atoms with Crippen molar-refractivity contribution < 1.29 is 6.51 Å². The Morgan fingerprint density at radius 3 is 1.50 bits per heavy atom. The molecule has 0 aliphatic carbocycles. The van der Waals surface area contributed by atoms with E-state index < -0.39 is 6.51 Å². The molecule has 10 rings (SSSR count). The van der Waals surface area contributed by atoms with Crippen molar-refractivity contribution in [1.29, 1.82) is 0 Å². The number of hydrogen-bond acceptors (Lipinski definition) is 1. The molecule has 0 saturated carbocycles. The van der Waals surface area contributed by atoms with Gasteiger partial charge in [0, 0.05) is 0 Å². The second-order valence-electron chi connectivity index (χ2n) is 11.3. The molecule has 10 fully saturated rings. The van der Waals surface area contributed by atoms with Crippen LogP contribution < -0.4 is 0 Å². The van der Waals surface area contributed by atoms with Gasteiger partial charge in [-0.2, -0.15) is 0 Å². The fourth-order valence-corrected chi connectivity index (χ4v) is 91.9. The van der Waals surface area contributed by atoms with Crippen molar-refractivity contribution in [1.82, 2.24) is 4.90 Å². The molecule has 0 aromatic carbocycles. The topological polar surface area (TPSA) is 3.24 Å². The summed E-state index contributed by atoms with van der Waals surface area (Å²) >= 11 is 0. The molecule has 10 aliphatic heterocycles. The molecule has 4 atom stereocenters. The van der Waals surface area contributed by atoms with E-state index in [0.29, 0.717) is 0 Å². The van der Waals surface area contributed by atoms with Gasteiger partial charge in [-0.05, 0) is 0 Å². The molecule has 1 spiro atoms. The van der Waals surface area contributed by atoms with Crippen LogP contribution in [0.2, 0.25) is 43.3 Å². The van der Waals surface area contributed by atoms with Crippen molar-refractivity contribution in [3.8, 4) is 0 Å². The van der Waals surface area contributed by atoms with Crippen LogP contribution in [0.3, 0.4) is 0 Å². The van der Waals surface area contributed by atoms with Crippen molar-refractivity contribution in [2.24, 2.45) is 0 Å². The van der Waals surface area contributed by atoms with Crippen molar-refractivity contribution in [3.63, 3.8) is 0 Å². The first-order chi connectivity index (χ1) is 7.40. The van der Waals surface area contributed by atoms with Crippen LogP contribution in [0.5, 0.6) is 0 Å². The zero-order valence-corrected chi connectivity index (χ0v) is 11.2. The molecular weight excluding hydrogens is 238 g/mol. The van der Waals surface area contributed by atoms with E-state index in [-0.39, 0.29) is 0 Å². The maximum absolute atomic E-state index is 2.98. The van der Waals surface area contributed by atoms with Gasteiger partial charge in [0.2, 0.25) is 0 Å². The van der Waals surface area contributed by atoms with Gasteiger partial charge >= 0.3 is 86.1 Å². The van der Waals surface area contributed by atoms with Crippen molar-refractivity contribution in [2.45, 2.75) is 67.7 Å². The van der Waals surface area contributed by atoms with Gasteiger partial charge in [0.1, 0.15) is 0 Å². The van der Waals surface area contributed by atoms with Crippen LogP contribution in [-0.4, -0.2) is 22.4 Å². The molecule has 0 amide bonds. The Bertz CT molecular complexity index is 847. The summed E-state index contributed by atoms with van der Waals surface area (Å²) in [7, 11) is 2.53. The molecule has 0 N–H and O–H groups in total. The predicted octanol–water partition coefficient (Wildman–Crippen LogP) is 3.62. The normalized spacial score (nSPS) is 127. The van der Waals surface area contributed by atoms with Crippen LogP contribution in [0.25, 0.3) is 0 Å². The average Bonchev–Trinajstić information content (AvgIpc) is 3.20. The van der Waals surface area contributed by atoms with E-state index in [1.165, 1.54) is 43.3 Å². The maximum atomic E-state index is 2.98. The molecule has 0 aromatic heterocycles. The molecule has 0 radical (unpaired) electrons. The Hall–Kier alpha value is 0.479. The van der Waals surface area contributed by atoms with Gasteiger partial charge in [0.25, 0.3) is 0 Å². The first-order valence-corrected chi connectivity index (χ1v) is 13.6. The Balaban J connectivity index is 1.66.